The third-order valence-electron chi connectivity index (χ3n) is 5.41. The van der Waals surface area contributed by atoms with Gasteiger partial charge in [-0.25, -0.2) is 4.79 Å². The second-order valence-electron chi connectivity index (χ2n) is 8.62. The van der Waals surface area contributed by atoms with Gasteiger partial charge in [-0.05, 0) is 49.9 Å². The van der Waals surface area contributed by atoms with E-state index in [0.29, 0.717) is 30.6 Å². The second-order valence-corrected chi connectivity index (χ2v) is 8.62. The van der Waals surface area contributed by atoms with Gasteiger partial charge in [0.15, 0.2) is 0 Å². The molecule has 0 bridgehead atoms. The molecule has 0 saturated heterocycles. The van der Waals surface area contributed by atoms with Crippen LogP contribution in [0.25, 0.3) is 0 Å². The van der Waals surface area contributed by atoms with Crippen LogP contribution in [0.5, 0.6) is 0 Å². The summed E-state index contributed by atoms with van der Waals surface area (Å²) < 4.78 is 10.5. The zero-order valence-electron chi connectivity index (χ0n) is 21.6. The Bertz CT molecular complexity index is 909. The van der Waals surface area contributed by atoms with E-state index >= 15 is 0 Å². The van der Waals surface area contributed by atoms with E-state index in [1.807, 2.05) is 0 Å². The van der Waals surface area contributed by atoms with Crippen LogP contribution in [0.2, 0.25) is 0 Å². The predicted octanol–water partition coefficient (Wildman–Crippen LogP) is 0.389. The van der Waals surface area contributed by atoms with Gasteiger partial charge in [-0.1, -0.05) is 6.92 Å². The number of nitrogens with two attached hydrogens (primary N) is 1. The van der Waals surface area contributed by atoms with Crippen molar-refractivity contribution in [1.82, 2.24) is 16.0 Å². The van der Waals surface area contributed by atoms with Gasteiger partial charge in [0.25, 0.3) is 5.91 Å². The maximum absolute atomic E-state index is 12.0. The van der Waals surface area contributed by atoms with E-state index in [1.165, 1.54) is 6.92 Å². The van der Waals surface area contributed by atoms with Crippen LogP contribution in [0.15, 0.2) is 24.3 Å². The number of nitrogen functional groups attached to an aromatic ring is 1. The zero-order valence-corrected chi connectivity index (χ0v) is 21.6. The lowest BCUT2D eigenvalue weighted by atomic mass is 10.1. The Labute approximate surface area is 221 Å². The number of rotatable bonds is 20. The molecule has 13 nitrogen and oxygen atoms in total. The average molecular weight is 539 g/mol. The van der Waals surface area contributed by atoms with E-state index in [2.05, 4.69) is 16.0 Å². The molecule has 3 amide bonds. The van der Waals surface area contributed by atoms with Crippen molar-refractivity contribution in [2.75, 3.05) is 45.3 Å². The average Bonchev–Trinajstić information content (AvgIpc) is 2.87. The number of unbranched alkanes of at least 4 members (excludes halogenated alkanes) is 1. The first-order valence-electron chi connectivity index (χ1n) is 12.4. The van der Waals surface area contributed by atoms with Gasteiger partial charge in [0.1, 0.15) is 12.6 Å². The summed E-state index contributed by atoms with van der Waals surface area (Å²) in [6.07, 6.45) is 1.58. The number of carboxylic acid groups (broad SMARTS) is 2. The Morgan fingerprint density at radius 1 is 0.842 bits per heavy atom. The van der Waals surface area contributed by atoms with Crippen LogP contribution in [0, 0.1) is 5.92 Å². The number of hydrogen-bond acceptors (Lipinski definition) is 8. The molecule has 1 aromatic rings. The highest BCUT2D eigenvalue weighted by molar-refractivity contribution is 5.94. The Kier molecular flexibility index (Phi) is 15.8. The molecule has 13 heteroatoms. The Morgan fingerprint density at radius 2 is 1.53 bits per heavy atom. The first kappa shape index (κ1) is 32.3. The largest absolute Gasteiger partial charge is 0.481 e. The number of carbonyl (C=O) groups is 5. The number of hydrogen-bond donors (Lipinski definition) is 6. The van der Waals surface area contributed by atoms with E-state index in [1.54, 1.807) is 24.3 Å². The Morgan fingerprint density at radius 3 is 2.18 bits per heavy atom. The van der Waals surface area contributed by atoms with E-state index in [4.69, 9.17) is 20.3 Å². The number of aliphatic carboxylic acids is 2. The van der Waals surface area contributed by atoms with Crippen LogP contribution in [-0.2, 0) is 28.7 Å². The summed E-state index contributed by atoms with van der Waals surface area (Å²) >= 11 is 0. The molecule has 1 aromatic carbocycles. The van der Waals surface area contributed by atoms with Crippen molar-refractivity contribution >= 4 is 35.3 Å². The number of ether oxygens (including phenoxy) is 2. The number of amides is 3. The van der Waals surface area contributed by atoms with Crippen molar-refractivity contribution < 1.29 is 43.7 Å². The van der Waals surface area contributed by atoms with Crippen molar-refractivity contribution in [2.45, 2.75) is 45.1 Å². The van der Waals surface area contributed by atoms with E-state index < -0.39 is 29.8 Å². The lowest BCUT2D eigenvalue weighted by Crippen LogP contribution is -2.42. The second kappa shape index (κ2) is 18.5. The van der Waals surface area contributed by atoms with Crippen molar-refractivity contribution in [2.24, 2.45) is 5.92 Å². The molecular weight excluding hydrogens is 500 g/mol. The van der Waals surface area contributed by atoms with Gasteiger partial charge in [0, 0.05) is 30.8 Å². The molecule has 0 aliphatic rings. The topological polar surface area (TPSA) is 206 Å². The molecule has 0 aliphatic carbocycles. The fraction of sp³-hybridized carbons (Fsp3) is 0.560. The van der Waals surface area contributed by atoms with Gasteiger partial charge < -0.3 is 41.4 Å². The van der Waals surface area contributed by atoms with Gasteiger partial charge in [-0.15, -0.1) is 0 Å². The number of carbonyl (C=O) groups excluding carboxylic acids is 3. The Balaban J connectivity index is 2.09. The smallest absolute Gasteiger partial charge is 0.326 e. The number of anilines is 1. The monoisotopic (exact) mass is 538 g/mol. The molecule has 0 spiro atoms. The quantitative estimate of drug-likeness (QED) is 0.0994. The van der Waals surface area contributed by atoms with Gasteiger partial charge >= 0.3 is 11.9 Å². The molecule has 38 heavy (non-hydrogen) atoms. The molecule has 0 heterocycles. The van der Waals surface area contributed by atoms with Crippen LogP contribution in [-0.4, -0.2) is 85.4 Å². The van der Waals surface area contributed by atoms with E-state index in [0.717, 1.165) is 0 Å². The number of benzene rings is 1. The van der Waals surface area contributed by atoms with Crippen LogP contribution in [0.3, 0.4) is 0 Å². The van der Waals surface area contributed by atoms with Gasteiger partial charge in [-0.2, -0.15) is 0 Å². The molecule has 2 unspecified atom stereocenters. The summed E-state index contributed by atoms with van der Waals surface area (Å²) in [4.78, 5) is 57.8. The predicted molar refractivity (Wildman–Crippen MR) is 137 cm³/mol. The summed E-state index contributed by atoms with van der Waals surface area (Å²) in [7, 11) is 0. The van der Waals surface area contributed by atoms with Crippen molar-refractivity contribution in [3.63, 3.8) is 0 Å². The fourth-order valence-corrected chi connectivity index (χ4v) is 3.11. The van der Waals surface area contributed by atoms with Crippen molar-refractivity contribution in [1.29, 1.82) is 0 Å². The summed E-state index contributed by atoms with van der Waals surface area (Å²) in [5.41, 5.74) is 6.63. The first-order chi connectivity index (χ1) is 18.1. The summed E-state index contributed by atoms with van der Waals surface area (Å²) in [5.74, 6) is -3.77. The summed E-state index contributed by atoms with van der Waals surface area (Å²) in [6.45, 7) is 2.31. The summed E-state index contributed by atoms with van der Waals surface area (Å²) in [6, 6.07) is 5.42. The molecule has 0 fully saturated rings. The third-order valence-corrected chi connectivity index (χ3v) is 5.41. The molecule has 0 radical (unpaired) electrons. The Hall–Kier alpha value is -3.71. The third kappa shape index (κ3) is 14.8. The molecule has 7 N–H and O–H groups in total. The maximum atomic E-state index is 12.0. The highest BCUT2D eigenvalue weighted by atomic mass is 16.5. The van der Waals surface area contributed by atoms with Crippen molar-refractivity contribution in [3.8, 4) is 0 Å². The van der Waals surface area contributed by atoms with Crippen LogP contribution >= 0.6 is 0 Å². The van der Waals surface area contributed by atoms with E-state index in [-0.39, 0.29) is 64.0 Å². The molecule has 2 atom stereocenters. The SMILES string of the molecule is CC(CCC(=O)NCCOCCOCC(=O)NC(CCCCNC(=O)c1ccc(N)cc1)C(=O)O)C(=O)O. The summed E-state index contributed by atoms with van der Waals surface area (Å²) in [5, 5.41) is 25.9. The molecule has 0 aliphatic heterocycles. The highest BCUT2D eigenvalue weighted by Crippen LogP contribution is 2.06. The molecule has 1 rings (SSSR count). The minimum Gasteiger partial charge on any atom is -0.481 e. The number of carboxylic acids is 2. The minimum absolute atomic E-state index is 0.100. The lowest BCUT2D eigenvalue weighted by molar-refractivity contribution is -0.143. The van der Waals surface area contributed by atoms with Gasteiger partial charge in [0.2, 0.25) is 11.8 Å². The standard InChI is InChI=1S/C25H38N4O9/c1-17(24(33)34)5-10-21(30)27-12-13-37-14-15-38-16-22(31)29-20(25(35)36)4-2-3-11-28-23(32)18-6-8-19(26)9-7-18/h6-9,17,20H,2-5,10-16,26H2,1H3,(H,27,30)(H,28,32)(H,29,31)(H,33,34)(H,35,36). The van der Waals surface area contributed by atoms with Crippen molar-refractivity contribution in [3.05, 3.63) is 29.8 Å². The zero-order chi connectivity index (χ0) is 28.3. The lowest BCUT2D eigenvalue weighted by Gasteiger charge is -2.15. The van der Waals surface area contributed by atoms with Gasteiger partial charge in [-0.3, -0.25) is 19.2 Å². The highest BCUT2D eigenvalue weighted by Gasteiger charge is 2.19. The normalized spacial score (nSPS) is 12.2. The number of nitrogens with one attached hydrogen (secondary N) is 3. The van der Waals surface area contributed by atoms with Crippen LogP contribution in [0.1, 0.15) is 49.4 Å². The van der Waals surface area contributed by atoms with Crippen LogP contribution < -0.4 is 21.7 Å². The van der Waals surface area contributed by atoms with Gasteiger partial charge in [0.05, 0.1) is 25.7 Å². The molecule has 0 aromatic heterocycles. The van der Waals surface area contributed by atoms with E-state index in [9.17, 15) is 29.1 Å². The first-order valence-corrected chi connectivity index (χ1v) is 12.4. The molecule has 0 saturated carbocycles. The fourth-order valence-electron chi connectivity index (χ4n) is 3.11. The minimum atomic E-state index is -1.16. The molecular formula is C25H38N4O9. The molecule has 212 valence electrons. The van der Waals surface area contributed by atoms with Crippen LogP contribution in [0.4, 0.5) is 5.69 Å². The maximum Gasteiger partial charge on any atom is 0.326 e.